The predicted molar refractivity (Wildman–Crippen MR) is 175 cm³/mol. The molecule has 3 aromatic heterocycles. The standard InChI is InChI=1S/C37H48N4O2/c1-10-23-19(6)29-17-33-25(12-3)21(8)34(40-33)26-15-27(36(42)43-14-5)37(13-4)22(9)30(41-35(26)37)18-32-24(11-2)20(7)28(39-32)16-31(23)38-29/h16-18,21-22,25,27,38-39H,10-15H2,1-9H3. The van der Waals surface area contributed by atoms with Crippen LogP contribution in [-0.4, -0.2) is 32.5 Å². The molecule has 6 heteroatoms. The zero-order valence-corrected chi connectivity index (χ0v) is 27.5. The quantitative estimate of drug-likeness (QED) is 0.286. The average molecular weight is 581 g/mol. The Bertz CT molecular complexity index is 1760. The van der Waals surface area contributed by atoms with Gasteiger partial charge in [-0.1, -0.05) is 41.5 Å². The first kappa shape index (κ1) is 29.7. The topological polar surface area (TPSA) is 83.7 Å². The molecule has 5 unspecified atom stereocenters. The van der Waals surface area contributed by atoms with Gasteiger partial charge in [0.15, 0.2) is 0 Å². The molecule has 2 N–H and O–H groups in total. The van der Waals surface area contributed by atoms with E-state index in [1.54, 1.807) is 0 Å². The molecule has 8 bridgehead atoms. The lowest BCUT2D eigenvalue weighted by Crippen LogP contribution is -2.39. The van der Waals surface area contributed by atoms with Gasteiger partial charge in [-0.15, -0.1) is 0 Å². The summed E-state index contributed by atoms with van der Waals surface area (Å²) in [4.78, 5) is 32.1. The fraction of sp³-hybridized carbons (Fsp3) is 0.541. The maximum atomic E-state index is 13.7. The Balaban J connectivity index is 1.79. The number of hydrogen-bond donors (Lipinski definition) is 2. The second-order valence-electron chi connectivity index (χ2n) is 13.0. The van der Waals surface area contributed by atoms with Crippen LogP contribution in [0.1, 0.15) is 130 Å². The van der Waals surface area contributed by atoms with Gasteiger partial charge in [-0.25, -0.2) is 0 Å². The van der Waals surface area contributed by atoms with Crippen LogP contribution in [0.25, 0.3) is 22.1 Å². The zero-order chi connectivity index (χ0) is 30.8. The molecule has 2 aliphatic heterocycles. The first-order valence-electron chi connectivity index (χ1n) is 16.6. The minimum absolute atomic E-state index is 0.0741. The third-order valence-corrected chi connectivity index (χ3v) is 11.3. The van der Waals surface area contributed by atoms with Crippen LogP contribution in [0.3, 0.4) is 0 Å². The lowest BCUT2D eigenvalue weighted by atomic mass is 9.67. The number of esters is 1. The van der Waals surface area contributed by atoms with Gasteiger partial charge in [0.25, 0.3) is 0 Å². The van der Waals surface area contributed by atoms with Crippen molar-refractivity contribution < 1.29 is 9.53 Å². The van der Waals surface area contributed by atoms with Crippen molar-refractivity contribution in [3.63, 3.8) is 0 Å². The molecule has 0 amide bonds. The molecule has 228 valence electrons. The van der Waals surface area contributed by atoms with Crippen molar-refractivity contribution in [2.75, 3.05) is 6.61 Å². The monoisotopic (exact) mass is 580 g/mol. The van der Waals surface area contributed by atoms with Crippen LogP contribution in [-0.2, 0) is 34.2 Å². The summed E-state index contributed by atoms with van der Waals surface area (Å²) in [5.41, 5.74) is 14.9. The predicted octanol–water partition coefficient (Wildman–Crippen LogP) is 8.54. The largest absolute Gasteiger partial charge is 0.466 e. The molecule has 0 spiro atoms. The summed E-state index contributed by atoms with van der Waals surface area (Å²) in [5, 5.41) is 0. The number of nitrogens with zero attached hydrogens (tertiary/aromatic N) is 2. The molecule has 0 saturated carbocycles. The zero-order valence-electron chi connectivity index (χ0n) is 27.5. The summed E-state index contributed by atoms with van der Waals surface area (Å²) in [6.07, 6.45) is 4.36. The van der Waals surface area contributed by atoms with E-state index in [1.807, 2.05) is 6.92 Å². The fourth-order valence-corrected chi connectivity index (χ4v) is 8.80. The molecule has 0 aromatic carbocycles. The van der Waals surface area contributed by atoms with Crippen LogP contribution >= 0.6 is 0 Å². The van der Waals surface area contributed by atoms with E-state index in [0.29, 0.717) is 18.9 Å². The van der Waals surface area contributed by atoms with Gasteiger partial charge in [0.05, 0.1) is 18.2 Å². The third kappa shape index (κ3) is 4.22. The molecule has 1 aliphatic carbocycles. The van der Waals surface area contributed by atoms with Gasteiger partial charge < -0.3 is 14.7 Å². The van der Waals surface area contributed by atoms with Crippen LogP contribution in [0.15, 0.2) is 18.2 Å². The number of aryl methyl sites for hydroxylation is 4. The van der Waals surface area contributed by atoms with Crippen molar-refractivity contribution >= 4 is 28.0 Å². The van der Waals surface area contributed by atoms with Crippen molar-refractivity contribution in [2.45, 2.75) is 118 Å². The Morgan fingerprint density at radius 2 is 1.49 bits per heavy atom. The molecular weight excluding hydrogens is 532 g/mol. The lowest BCUT2D eigenvalue weighted by molar-refractivity contribution is -0.150. The van der Waals surface area contributed by atoms with E-state index in [0.717, 1.165) is 65.0 Å². The first-order valence-corrected chi connectivity index (χ1v) is 16.6. The van der Waals surface area contributed by atoms with Gasteiger partial charge in [0.2, 0.25) is 0 Å². The highest BCUT2D eigenvalue weighted by atomic mass is 16.5. The number of ether oxygens (including phenoxy) is 1. The van der Waals surface area contributed by atoms with Crippen molar-refractivity contribution in [1.29, 1.82) is 0 Å². The van der Waals surface area contributed by atoms with Gasteiger partial charge in [-0.3, -0.25) is 14.8 Å². The summed E-state index contributed by atoms with van der Waals surface area (Å²) in [7, 11) is 0. The molecule has 5 atom stereocenters. The minimum atomic E-state index is -0.401. The van der Waals surface area contributed by atoms with Gasteiger partial charge in [-0.2, -0.15) is 0 Å². The van der Waals surface area contributed by atoms with Gasteiger partial charge in [0.1, 0.15) is 0 Å². The van der Waals surface area contributed by atoms with Crippen LogP contribution in [0.5, 0.6) is 0 Å². The number of fused-ring (bicyclic) bond motifs is 8. The summed E-state index contributed by atoms with van der Waals surface area (Å²) in [6.45, 7) is 20.2. The van der Waals surface area contributed by atoms with E-state index in [2.05, 4.69) is 83.6 Å². The van der Waals surface area contributed by atoms with Gasteiger partial charge >= 0.3 is 5.97 Å². The molecule has 0 radical (unpaired) electrons. The Morgan fingerprint density at radius 3 is 2.07 bits per heavy atom. The van der Waals surface area contributed by atoms with Crippen molar-refractivity contribution in [3.05, 3.63) is 68.8 Å². The number of rotatable bonds is 6. The number of aromatic nitrogens is 4. The number of hydrogen-bond acceptors (Lipinski definition) is 4. The number of carbonyl (C=O) groups is 1. The average Bonchev–Trinajstić information content (AvgIpc) is 3.72. The normalized spacial score (nSPS) is 24.5. The van der Waals surface area contributed by atoms with Crippen molar-refractivity contribution in [1.82, 2.24) is 19.9 Å². The van der Waals surface area contributed by atoms with Gasteiger partial charge in [-0.05, 0) is 98.9 Å². The second kappa shape index (κ2) is 10.9. The number of H-pyrrole nitrogens is 2. The minimum Gasteiger partial charge on any atom is -0.466 e. The van der Waals surface area contributed by atoms with Crippen LogP contribution in [0.4, 0.5) is 0 Å². The van der Waals surface area contributed by atoms with E-state index in [1.165, 1.54) is 33.3 Å². The van der Waals surface area contributed by atoms with E-state index in [4.69, 9.17) is 14.7 Å². The molecule has 43 heavy (non-hydrogen) atoms. The molecule has 0 saturated heterocycles. The molecule has 3 aliphatic rings. The molecule has 3 aromatic rings. The highest BCUT2D eigenvalue weighted by Gasteiger charge is 2.58. The van der Waals surface area contributed by atoms with Crippen molar-refractivity contribution in [2.24, 2.45) is 5.92 Å². The SMILES string of the molecule is CCOC(=O)C1Cc2c3nc(cc4[nH]c(cc5[nH]c(cc6nc2C1(CC)C6C)c(CC)c5C)c(CC)c4C)C(CC)C3C. The number of carbonyl (C=O) groups excluding carboxylic acids is 1. The number of aromatic amines is 2. The maximum Gasteiger partial charge on any atom is 0.310 e. The number of nitrogens with one attached hydrogen (secondary N) is 2. The van der Waals surface area contributed by atoms with E-state index in [-0.39, 0.29) is 23.7 Å². The third-order valence-electron chi connectivity index (χ3n) is 11.3. The summed E-state index contributed by atoms with van der Waals surface area (Å²) in [5.74, 6) is 0.257. The molecule has 0 fully saturated rings. The van der Waals surface area contributed by atoms with E-state index < -0.39 is 5.41 Å². The van der Waals surface area contributed by atoms with Crippen LogP contribution in [0, 0.1) is 19.8 Å². The van der Waals surface area contributed by atoms with Crippen LogP contribution < -0.4 is 0 Å². The Hall–Kier alpha value is -3.41. The summed E-state index contributed by atoms with van der Waals surface area (Å²) < 4.78 is 5.74. The van der Waals surface area contributed by atoms with E-state index >= 15 is 0 Å². The Kier molecular flexibility index (Phi) is 7.55. The fourth-order valence-electron chi connectivity index (χ4n) is 8.80. The molecule has 6 nitrogen and oxygen atoms in total. The maximum absolute atomic E-state index is 13.7. The van der Waals surface area contributed by atoms with Crippen LogP contribution in [0.2, 0.25) is 0 Å². The van der Waals surface area contributed by atoms with E-state index in [9.17, 15) is 4.79 Å². The molecule has 5 heterocycles. The summed E-state index contributed by atoms with van der Waals surface area (Å²) >= 11 is 0. The Labute approximate surface area is 256 Å². The highest BCUT2D eigenvalue weighted by Crippen LogP contribution is 2.58. The first-order chi connectivity index (χ1) is 20.6. The lowest BCUT2D eigenvalue weighted by Gasteiger charge is -2.34. The molecule has 6 rings (SSSR count). The molecular formula is C37H48N4O2. The van der Waals surface area contributed by atoms with Gasteiger partial charge in [0, 0.05) is 62.3 Å². The highest BCUT2D eigenvalue weighted by molar-refractivity contribution is 5.80. The summed E-state index contributed by atoms with van der Waals surface area (Å²) in [6, 6.07) is 6.83. The second-order valence-corrected chi connectivity index (χ2v) is 13.0. The van der Waals surface area contributed by atoms with Crippen molar-refractivity contribution in [3.8, 4) is 0 Å². The smallest absolute Gasteiger partial charge is 0.310 e. The Morgan fingerprint density at radius 1 is 0.884 bits per heavy atom.